The highest BCUT2D eigenvalue weighted by Crippen LogP contribution is 2.20. The van der Waals surface area contributed by atoms with Crippen molar-refractivity contribution in [3.8, 4) is 0 Å². The molecule has 0 saturated carbocycles. The Morgan fingerprint density at radius 2 is 2.00 bits per heavy atom. The van der Waals surface area contributed by atoms with E-state index < -0.39 is 0 Å². The average molecular weight is 283 g/mol. The number of aryl methyl sites for hydroxylation is 2. The van der Waals surface area contributed by atoms with E-state index in [2.05, 4.69) is 4.98 Å². The first-order chi connectivity index (χ1) is 10.0. The third-order valence-electron chi connectivity index (χ3n) is 3.59. The quantitative estimate of drug-likeness (QED) is 0.878. The number of nitrogens with zero attached hydrogens (tertiary/aromatic N) is 2. The monoisotopic (exact) mass is 283 g/mol. The molecule has 0 aliphatic heterocycles. The van der Waals surface area contributed by atoms with Crippen LogP contribution in [0.2, 0.25) is 0 Å². The number of amides is 1. The predicted molar refractivity (Wildman–Crippen MR) is 85.0 cm³/mol. The van der Waals surface area contributed by atoms with Gasteiger partial charge in [0.1, 0.15) is 0 Å². The van der Waals surface area contributed by atoms with Crippen molar-refractivity contribution in [3.63, 3.8) is 0 Å². The SMILES string of the molecule is CCN(Cc1ccccn1)C(=O)c1cc(N)c(C)cc1C. The van der Waals surface area contributed by atoms with Crippen molar-refractivity contribution in [2.45, 2.75) is 27.3 Å². The molecule has 2 rings (SSSR count). The van der Waals surface area contributed by atoms with Gasteiger partial charge in [-0.1, -0.05) is 12.1 Å². The Hall–Kier alpha value is -2.36. The molecule has 21 heavy (non-hydrogen) atoms. The third kappa shape index (κ3) is 3.40. The Bertz CT molecular complexity index is 638. The fraction of sp³-hybridized carbons (Fsp3) is 0.294. The first-order valence-corrected chi connectivity index (χ1v) is 7.08. The second kappa shape index (κ2) is 6.39. The van der Waals surface area contributed by atoms with Gasteiger partial charge in [-0.15, -0.1) is 0 Å². The van der Waals surface area contributed by atoms with Gasteiger partial charge in [-0.25, -0.2) is 0 Å². The maximum absolute atomic E-state index is 12.7. The van der Waals surface area contributed by atoms with Gasteiger partial charge >= 0.3 is 0 Å². The summed E-state index contributed by atoms with van der Waals surface area (Å²) in [5.41, 5.74) is 10.1. The summed E-state index contributed by atoms with van der Waals surface area (Å²) >= 11 is 0. The van der Waals surface area contributed by atoms with E-state index >= 15 is 0 Å². The molecule has 4 nitrogen and oxygen atoms in total. The van der Waals surface area contributed by atoms with E-state index in [4.69, 9.17) is 5.73 Å². The Balaban J connectivity index is 2.26. The normalized spacial score (nSPS) is 10.4. The molecule has 0 aliphatic rings. The minimum absolute atomic E-state index is 0.00708. The van der Waals surface area contributed by atoms with Crippen LogP contribution in [-0.2, 0) is 6.54 Å². The number of nitrogens with two attached hydrogens (primary N) is 1. The lowest BCUT2D eigenvalue weighted by Crippen LogP contribution is -2.31. The Kier molecular flexibility index (Phi) is 4.58. The summed E-state index contributed by atoms with van der Waals surface area (Å²) < 4.78 is 0. The zero-order valence-electron chi connectivity index (χ0n) is 12.8. The topological polar surface area (TPSA) is 59.2 Å². The Morgan fingerprint density at radius 3 is 2.62 bits per heavy atom. The Labute approximate surface area is 125 Å². The number of hydrogen-bond acceptors (Lipinski definition) is 3. The summed E-state index contributed by atoms with van der Waals surface area (Å²) in [5.74, 6) is -0.00708. The fourth-order valence-corrected chi connectivity index (χ4v) is 2.28. The van der Waals surface area contributed by atoms with Crippen LogP contribution in [0.25, 0.3) is 0 Å². The van der Waals surface area contributed by atoms with E-state index in [1.165, 1.54) is 0 Å². The summed E-state index contributed by atoms with van der Waals surface area (Å²) in [6, 6.07) is 9.44. The maximum Gasteiger partial charge on any atom is 0.254 e. The van der Waals surface area contributed by atoms with Crippen LogP contribution in [0.3, 0.4) is 0 Å². The van der Waals surface area contributed by atoms with Crippen molar-refractivity contribution < 1.29 is 4.79 Å². The summed E-state index contributed by atoms with van der Waals surface area (Å²) in [6.45, 7) is 6.98. The molecule has 0 fully saturated rings. The molecule has 0 bridgehead atoms. The van der Waals surface area contributed by atoms with Crippen LogP contribution in [-0.4, -0.2) is 22.3 Å². The van der Waals surface area contributed by atoms with Crippen LogP contribution in [0.15, 0.2) is 36.5 Å². The third-order valence-corrected chi connectivity index (χ3v) is 3.59. The van der Waals surface area contributed by atoms with Gasteiger partial charge in [0.15, 0.2) is 0 Å². The van der Waals surface area contributed by atoms with E-state index in [-0.39, 0.29) is 5.91 Å². The maximum atomic E-state index is 12.7. The molecule has 0 spiro atoms. The minimum atomic E-state index is -0.00708. The zero-order valence-corrected chi connectivity index (χ0v) is 12.8. The van der Waals surface area contributed by atoms with E-state index in [0.29, 0.717) is 24.3 Å². The largest absolute Gasteiger partial charge is 0.398 e. The van der Waals surface area contributed by atoms with Crippen LogP contribution in [0.5, 0.6) is 0 Å². The number of carbonyl (C=O) groups excluding carboxylic acids is 1. The summed E-state index contributed by atoms with van der Waals surface area (Å²) in [7, 11) is 0. The van der Waals surface area contributed by atoms with Crippen LogP contribution in [0.4, 0.5) is 5.69 Å². The molecule has 1 aromatic heterocycles. The highest BCUT2D eigenvalue weighted by Gasteiger charge is 2.18. The Morgan fingerprint density at radius 1 is 1.24 bits per heavy atom. The lowest BCUT2D eigenvalue weighted by Gasteiger charge is -2.22. The van der Waals surface area contributed by atoms with E-state index in [0.717, 1.165) is 16.8 Å². The number of anilines is 1. The number of pyridine rings is 1. The van der Waals surface area contributed by atoms with Crippen LogP contribution >= 0.6 is 0 Å². The first kappa shape index (κ1) is 15.0. The molecular weight excluding hydrogens is 262 g/mol. The molecule has 2 aromatic rings. The van der Waals surface area contributed by atoms with Gasteiger partial charge in [0, 0.05) is 24.0 Å². The molecule has 4 heteroatoms. The molecule has 1 amide bonds. The molecule has 0 unspecified atom stereocenters. The predicted octanol–water partition coefficient (Wildman–Crippen LogP) is 2.94. The van der Waals surface area contributed by atoms with Crippen molar-refractivity contribution in [3.05, 3.63) is 58.9 Å². The average Bonchev–Trinajstić information content (AvgIpc) is 2.49. The van der Waals surface area contributed by atoms with Crippen molar-refractivity contribution in [1.82, 2.24) is 9.88 Å². The van der Waals surface area contributed by atoms with Crippen LogP contribution in [0.1, 0.15) is 34.1 Å². The molecule has 0 atom stereocenters. The van der Waals surface area contributed by atoms with Crippen molar-refractivity contribution in [2.75, 3.05) is 12.3 Å². The molecule has 0 aliphatic carbocycles. The number of hydrogen-bond donors (Lipinski definition) is 1. The van der Waals surface area contributed by atoms with Gasteiger partial charge in [-0.2, -0.15) is 0 Å². The van der Waals surface area contributed by atoms with Gasteiger partial charge in [-0.05, 0) is 50.1 Å². The van der Waals surface area contributed by atoms with E-state index in [1.54, 1.807) is 17.2 Å². The van der Waals surface area contributed by atoms with Gasteiger partial charge in [-0.3, -0.25) is 9.78 Å². The lowest BCUT2D eigenvalue weighted by molar-refractivity contribution is 0.0750. The number of nitrogen functional groups attached to an aromatic ring is 1. The smallest absolute Gasteiger partial charge is 0.254 e. The van der Waals surface area contributed by atoms with Crippen molar-refractivity contribution in [2.24, 2.45) is 0 Å². The fourth-order valence-electron chi connectivity index (χ4n) is 2.28. The van der Waals surface area contributed by atoms with Crippen molar-refractivity contribution >= 4 is 11.6 Å². The zero-order chi connectivity index (χ0) is 15.4. The van der Waals surface area contributed by atoms with E-state index in [1.807, 2.05) is 45.0 Å². The van der Waals surface area contributed by atoms with Gasteiger partial charge < -0.3 is 10.6 Å². The molecule has 2 N–H and O–H groups in total. The minimum Gasteiger partial charge on any atom is -0.398 e. The first-order valence-electron chi connectivity index (χ1n) is 7.08. The molecule has 0 radical (unpaired) electrons. The van der Waals surface area contributed by atoms with Gasteiger partial charge in [0.05, 0.1) is 12.2 Å². The van der Waals surface area contributed by atoms with E-state index in [9.17, 15) is 4.79 Å². The molecule has 1 aromatic carbocycles. The standard InChI is InChI=1S/C17H21N3O/c1-4-20(11-14-7-5-6-8-19-14)17(21)15-10-16(18)13(3)9-12(15)2/h5-10H,4,11,18H2,1-3H3. The molecule has 0 saturated heterocycles. The number of aromatic nitrogens is 1. The van der Waals surface area contributed by atoms with Crippen LogP contribution < -0.4 is 5.73 Å². The highest BCUT2D eigenvalue weighted by atomic mass is 16.2. The lowest BCUT2D eigenvalue weighted by atomic mass is 10.0. The molecular formula is C17H21N3O. The van der Waals surface area contributed by atoms with Gasteiger partial charge in [0.2, 0.25) is 0 Å². The summed E-state index contributed by atoms with van der Waals surface area (Å²) in [4.78, 5) is 18.8. The number of benzene rings is 1. The van der Waals surface area contributed by atoms with Crippen LogP contribution in [0, 0.1) is 13.8 Å². The van der Waals surface area contributed by atoms with Gasteiger partial charge in [0.25, 0.3) is 5.91 Å². The highest BCUT2D eigenvalue weighted by molar-refractivity contribution is 5.96. The van der Waals surface area contributed by atoms with Crippen molar-refractivity contribution in [1.29, 1.82) is 0 Å². The summed E-state index contributed by atoms with van der Waals surface area (Å²) in [6.07, 6.45) is 1.74. The second-order valence-corrected chi connectivity index (χ2v) is 5.16. The number of rotatable bonds is 4. The molecule has 110 valence electrons. The molecule has 1 heterocycles. The number of carbonyl (C=O) groups is 1. The second-order valence-electron chi connectivity index (χ2n) is 5.16. The summed E-state index contributed by atoms with van der Waals surface area (Å²) in [5, 5.41) is 0.